The number of nitriles is 1. The molecule has 0 aromatic heterocycles. The van der Waals surface area contributed by atoms with Gasteiger partial charge < -0.3 is 0 Å². The van der Waals surface area contributed by atoms with E-state index in [1.165, 1.54) is 30.0 Å². The summed E-state index contributed by atoms with van der Waals surface area (Å²) >= 11 is 0. The quantitative estimate of drug-likeness (QED) is 0.765. The lowest BCUT2D eigenvalue weighted by Gasteiger charge is -2.34. The fraction of sp³-hybridized carbons (Fsp3) is 0.318. The first kappa shape index (κ1) is 16.1. The molecular weight excluding hydrogens is 311 g/mol. The molecule has 2 atom stereocenters. The maximum atomic E-state index is 14.2. The average molecular weight is 332 g/mol. The highest BCUT2D eigenvalue weighted by Gasteiger charge is 2.36. The molecule has 0 radical (unpaired) electrons. The SMILES string of the molecule is N#Cc1ccc(CC2=CC3CCC(C2)N3Cc2ccccc2)c(F)c1. The van der Waals surface area contributed by atoms with Crippen LogP contribution in [0.15, 0.2) is 60.2 Å². The summed E-state index contributed by atoms with van der Waals surface area (Å²) in [5.74, 6) is -0.265. The molecule has 1 fully saturated rings. The van der Waals surface area contributed by atoms with Crippen molar-refractivity contribution in [1.82, 2.24) is 4.90 Å². The summed E-state index contributed by atoms with van der Waals surface area (Å²) in [5.41, 5.74) is 3.77. The predicted molar refractivity (Wildman–Crippen MR) is 96.3 cm³/mol. The van der Waals surface area contributed by atoms with Gasteiger partial charge in [0, 0.05) is 18.6 Å². The summed E-state index contributed by atoms with van der Waals surface area (Å²) in [7, 11) is 0. The summed E-state index contributed by atoms with van der Waals surface area (Å²) in [4.78, 5) is 2.59. The molecule has 3 heteroatoms. The Balaban J connectivity index is 1.49. The maximum absolute atomic E-state index is 14.2. The summed E-state index contributed by atoms with van der Waals surface area (Å²) in [6, 6.07) is 18.4. The van der Waals surface area contributed by atoms with Gasteiger partial charge in [0.2, 0.25) is 0 Å². The lowest BCUT2D eigenvalue weighted by atomic mass is 9.94. The van der Waals surface area contributed by atoms with E-state index in [9.17, 15) is 4.39 Å². The van der Waals surface area contributed by atoms with E-state index in [4.69, 9.17) is 5.26 Å². The zero-order valence-corrected chi connectivity index (χ0v) is 14.2. The van der Waals surface area contributed by atoms with E-state index >= 15 is 0 Å². The van der Waals surface area contributed by atoms with Crippen LogP contribution in [-0.4, -0.2) is 17.0 Å². The fourth-order valence-electron chi connectivity index (χ4n) is 4.18. The Kier molecular flexibility index (Phi) is 4.38. The lowest BCUT2D eigenvalue weighted by Crippen LogP contribution is -2.38. The predicted octanol–water partition coefficient (Wildman–Crippen LogP) is 4.60. The molecule has 0 amide bonds. The molecule has 25 heavy (non-hydrogen) atoms. The highest BCUT2D eigenvalue weighted by Crippen LogP contribution is 2.37. The number of benzene rings is 2. The molecule has 2 aromatic carbocycles. The zero-order valence-electron chi connectivity index (χ0n) is 14.2. The summed E-state index contributed by atoms with van der Waals surface area (Å²) in [6.07, 6.45) is 6.43. The van der Waals surface area contributed by atoms with Crippen molar-refractivity contribution in [3.8, 4) is 6.07 Å². The number of halogens is 1. The van der Waals surface area contributed by atoms with E-state index in [-0.39, 0.29) is 5.82 Å². The number of hydrogen-bond acceptors (Lipinski definition) is 2. The first-order chi connectivity index (χ1) is 12.2. The second-order valence-corrected chi connectivity index (χ2v) is 7.08. The molecule has 1 saturated heterocycles. The van der Waals surface area contributed by atoms with Crippen LogP contribution in [0.4, 0.5) is 4.39 Å². The second-order valence-electron chi connectivity index (χ2n) is 7.08. The Morgan fingerprint density at radius 3 is 2.68 bits per heavy atom. The molecule has 2 aliphatic heterocycles. The van der Waals surface area contributed by atoms with Gasteiger partial charge in [-0.3, -0.25) is 4.90 Å². The second kappa shape index (κ2) is 6.82. The fourth-order valence-corrected chi connectivity index (χ4v) is 4.18. The van der Waals surface area contributed by atoms with Gasteiger partial charge in [-0.15, -0.1) is 0 Å². The minimum absolute atomic E-state index is 0.265. The van der Waals surface area contributed by atoms with Gasteiger partial charge in [-0.05, 0) is 48.9 Å². The minimum atomic E-state index is -0.265. The summed E-state index contributed by atoms with van der Waals surface area (Å²) < 4.78 is 14.2. The van der Waals surface area contributed by atoms with Gasteiger partial charge in [-0.2, -0.15) is 5.26 Å². The number of nitrogens with zero attached hydrogens (tertiary/aromatic N) is 2. The third kappa shape index (κ3) is 3.36. The van der Waals surface area contributed by atoms with Crippen molar-refractivity contribution in [2.75, 3.05) is 0 Å². The lowest BCUT2D eigenvalue weighted by molar-refractivity contribution is 0.194. The van der Waals surface area contributed by atoms with Crippen LogP contribution >= 0.6 is 0 Å². The van der Waals surface area contributed by atoms with Crippen LogP contribution in [0.5, 0.6) is 0 Å². The maximum Gasteiger partial charge on any atom is 0.128 e. The van der Waals surface area contributed by atoms with Crippen LogP contribution in [-0.2, 0) is 13.0 Å². The normalized spacial score (nSPS) is 22.5. The standard InChI is InChI=1S/C22H21FN2/c23-22-13-17(14-24)6-7-19(22)10-18-11-20-8-9-21(12-18)25(20)15-16-4-2-1-3-5-16/h1-7,11,13,20-21H,8-10,12,15H2. The van der Waals surface area contributed by atoms with Crippen LogP contribution in [0, 0.1) is 17.1 Å². The van der Waals surface area contributed by atoms with Crippen molar-refractivity contribution in [3.05, 3.63) is 82.7 Å². The van der Waals surface area contributed by atoms with Crippen molar-refractivity contribution < 1.29 is 4.39 Å². The van der Waals surface area contributed by atoms with E-state index in [1.54, 1.807) is 12.1 Å². The number of rotatable bonds is 4. The number of hydrogen-bond donors (Lipinski definition) is 0. The van der Waals surface area contributed by atoms with Crippen LogP contribution in [0.25, 0.3) is 0 Å². The molecule has 0 spiro atoms. The molecule has 0 N–H and O–H groups in total. The van der Waals surface area contributed by atoms with Gasteiger partial charge in [0.05, 0.1) is 11.6 Å². The van der Waals surface area contributed by atoms with Gasteiger partial charge in [-0.1, -0.05) is 48.0 Å². The first-order valence-corrected chi connectivity index (χ1v) is 8.90. The third-order valence-corrected chi connectivity index (χ3v) is 5.42. The van der Waals surface area contributed by atoms with Crippen molar-refractivity contribution in [2.45, 2.75) is 44.3 Å². The van der Waals surface area contributed by atoms with E-state index in [0.29, 0.717) is 29.6 Å². The largest absolute Gasteiger partial charge is 0.289 e. The highest BCUT2D eigenvalue weighted by atomic mass is 19.1. The molecule has 2 aliphatic rings. The zero-order chi connectivity index (χ0) is 17.2. The van der Waals surface area contributed by atoms with Crippen LogP contribution < -0.4 is 0 Å². The monoisotopic (exact) mass is 332 g/mol. The molecule has 0 saturated carbocycles. The molecule has 2 unspecified atom stereocenters. The Labute approximate surface area is 148 Å². The van der Waals surface area contributed by atoms with Crippen LogP contribution in [0.2, 0.25) is 0 Å². The average Bonchev–Trinajstić information content (AvgIpc) is 2.87. The molecule has 0 aliphatic carbocycles. The molecule has 126 valence electrons. The van der Waals surface area contributed by atoms with Crippen molar-refractivity contribution in [3.63, 3.8) is 0 Å². The third-order valence-electron chi connectivity index (χ3n) is 5.42. The Hall–Kier alpha value is -2.44. The van der Waals surface area contributed by atoms with Gasteiger partial charge in [0.1, 0.15) is 5.82 Å². The summed E-state index contributed by atoms with van der Waals surface area (Å²) in [5, 5.41) is 8.87. The van der Waals surface area contributed by atoms with Crippen molar-refractivity contribution in [2.24, 2.45) is 0 Å². The molecule has 4 rings (SSSR count). The molecule has 2 nitrogen and oxygen atoms in total. The number of fused-ring (bicyclic) bond motifs is 2. The first-order valence-electron chi connectivity index (χ1n) is 8.90. The minimum Gasteiger partial charge on any atom is -0.289 e. The highest BCUT2D eigenvalue weighted by molar-refractivity contribution is 5.35. The van der Waals surface area contributed by atoms with Gasteiger partial charge in [0.25, 0.3) is 0 Å². The van der Waals surface area contributed by atoms with Crippen LogP contribution in [0.1, 0.15) is 36.0 Å². The van der Waals surface area contributed by atoms with Gasteiger partial charge >= 0.3 is 0 Å². The molecule has 2 heterocycles. The van der Waals surface area contributed by atoms with E-state index in [2.05, 4.69) is 41.3 Å². The topological polar surface area (TPSA) is 27.0 Å². The van der Waals surface area contributed by atoms with E-state index in [1.807, 2.05) is 6.07 Å². The smallest absolute Gasteiger partial charge is 0.128 e. The molecular formula is C22H21FN2. The summed E-state index contributed by atoms with van der Waals surface area (Å²) in [6.45, 7) is 0.991. The van der Waals surface area contributed by atoms with Crippen LogP contribution in [0.3, 0.4) is 0 Å². The molecule has 2 bridgehead atoms. The van der Waals surface area contributed by atoms with Gasteiger partial charge in [-0.25, -0.2) is 4.39 Å². The van der Waals surface area contributed by atoms with E-state index < -0.39 is 0 Å². The Morgan fingerprint density at radius 2 is 1.96 bits per heavy atom. The van der Waals surface area contributed by atoms with Crippen molar-refractivity contribution in [1.29, 1.82) is 5.26 Å². The Morgan fingerprint density at radius 1 is 1.12 bits per heavy atom. The van der Waals surface area contributed by atoms with Crippen molar-refractivity contribution >= 4 is 0 Å². The Bertz CT molecular complexity index is 835. The van der Waals surface area contributed by atoms with E-state index in [0.717, 1.165) is 13.0 Å². The molecule has 2 aromatic rings. The van der Waals surface area contributed by atoms with Gasteiger partial charge in [0.15, 0.2) is 0 Å².